The molecule has 14 heavy (non-hydrogen) atoms. The monoisotopic (exact) mass is 187 g/mol. The van der Waals surface area contributed by atoms with Crippen molar-refractivity contribution in [1.29, 1.82) is 0 Å². The van der Waals surface area contributed by atoms with Gasteiger partial charge in [-0.05, 0) is 11.6 Å². The average molecular weight is 187 g/mol. The van der Waals surface area contributed by atoms with Crippen LogP contribution in [0, 0.1) is 0 Å². The fourth-order valence-corrected chi connectivity index (χ4v) is 1.26. The zero-order valence-electron chi connectivity index (χ0n) is 7.40. The third-order valence-electron chi connectivity index (χ3n) is 1.91. The van der Waals surface area contributed by atoms with Gasteiger partial charge in [0.1, 0.15) is 5.76 Å². The van der Waals surface area contributed by atoms with Crippen molar-refractivity contribution in [2.24, 2.45) is 0 Å². The Labute approximate surface area is 81.4 Å². The maximum Gasteiger partial charge on any atom is 0.252 e. The van der Waals surface area contributed by atoms with E-state index in [4.69, 9.17) is 0 Å². The molecule has 0 fully saturated rings. The van der Waals surface area contributed by atoms with Gasteiger partial charge in [0.2, 0.25) is 0 Å². The maximum absolute atomic E-state index is 10.9. The molecule has 1 heterocycles. The first-order chi connectivity index (χ1) is 6.75. The van der Waals surface area contributed by atoms with Crippen molar-refractivity contribution in [2.75, 3.05) is 0 Å². The Morgan fingerprint density at radius 3 is 2.50 bits per heavy atom. The third kappa shape index (κ3) is 1.66. The molecule has 0 unspecified atom stereocenters. The van der Waals surface area contributed by atoms with E-state index in [9.17, 15) is 9.90 Å². The van der Waals surface area contributed by atoms with Gasteiger partial charge in [-0.3, -0.25) is 4.79 Å². The molecule has 0 bridgehead atoms. The number of hydrogen-bond acceptors (Lipinski definition) is 2. The van der Waals surface area contributed by atoms with Crippen LogP contribution in [0.1, 0.15) is 5.56 Å². The van der Waals surface area contributed by atoms with Gasteiger partial charge >= 0.3 is 0 Å². The van der Waals surface area contributed by atoms with E-state index in [2.05, 4.69) is 5.32 Å². The summed E-state index contributed by atoms with van der Waals surface area (Å²) >= 11 is 0. The molecule has 0 aromatic heterocycles. The molecule has 1 aliphatic rings. The van der Waals surface area contributed by atoms with Crippen molar-refractivity contribution >= 4 is 12.0 Å². The Kier molecular flexibility index (Phi) is 2.07. The predicted molar refractivity (Wildman–Crippen MR) is 53.3 cm³/mol. The number of aliphatic hydroxyl groups is 1. The van der Waals surface area contributed by atoms with Gasteiger partial charge in [0.15, 0.2) is 0 Å². The largest absolute Gasteiger partial charge is 0.506 e. The Morgan fingerprint density at radius 2 is 1.93 bits per heavy atom. The Hall–Kier alpha value is -2.03. The maximum atomic E-state index is 10.9. The minimum absolute atomic E-state index is 0.0150. The lowest BCUT2D eigenvalue weighted by Gasteiger charge is -1.99. The lowest BCUT2D eigenvalue weighted by molar-refractivity contribution is -0.115. The molecule has 70 valence electrons. The summed E-state index contributed by atoms with van der Waals surface area (Å²) in [5, 5.41) is 11.9. The summed E-state index contributed by atoms with van der Waals surface area (Å²) in [4.78, 5) is 10.9. The molecule has 0 saturated heterocycles. The van der Waals surface area contributed by atoms with Gasteiger partial charge < -0.3 is 10.4 Å². The zero-order chi connectivity index (χ0) is 9.97. The van der Waals surface area contributed by atoms with E-state index in [-0.39, 0.29) is 11.7 Å². The first kappa shape index (κ1) is 8.56. The van der Waals surface area contributed by atoms with Gasteiger partial charge in [-0.15, -0.1) is 0 Å². The molecule has 1 amide bonds. The number of benzene rings is 1. The highest BCUT2D eigenvalue weighted by Crippen LogP contribution is 2.14. The number of aliphatic hydroxyl groups excluding tert-OH is 1. The number of hydrogen-bond donors (Lipinski definition) is 2. The molecular weight excluding hydrogens is 178 g/mol. The van der Waals surface area contributed by atoms with Crippen molar-refractivity contribution < 1.29 is 9.90 Å². The van der Waals surface area contributed by atoms with Gasteiger partial charge in [0.25, 0.3) is 5.91 Å². The molecule has 2 N–H and O–H groups in total. The Balaban J connectivity index is 2.29. The number of carbonyl (C=O) groups excluding carboxylic acids is 1. The zero-order valence-corrected chi connectivity index (χ0v) is 7.40. The normalized spacial score (nSPS) is 18.1. The third-order valence-corrected chi connectivity index (χ3v) is 1.91. The van der Waals surface area contributed by atoms with Gasteiger partial charge in [-0.2, -0.15) is 0 Å². The molecule has 1 aromatic carbocycles. The van der Waals surface area contributed by atoms with Crippen LogP contribution in [0.4, 0.5) is 0 Å². The van der Waals surface area contributed by atoms with Crippen molar-refractivity contribution in [3.8, 4) is 0 Å². The summed E-state index contributed by atoms with van der Waals surface area (Å²) in [5.74, 6) is -0.302. The molecular formula is C11H9NO2. The second-order valence-electron chi connectivity index (χ2n) is 2.99. The lowest BCUT2D eigenvalue weighted by Crippen LogP contribution is -2.13. The number of amides is 1. The summed E-state index contributed by atoms with van der Waals surface area (Å²) in [7, 11) is 0. The van der Waals surface area contributed by atoms with Crippen molar-refractivity contribution in [3.05, 3.63) is 53.4 Å². The first-order valence-corrected chi connectivity index (χ1v) is 4.24. The van der Waals surface area contributed by atoms with Crippen LogP contribution < -0.4 is 5.32 Å². The van der Waals surface area contributed by atoms with Crippen LogP contribution in [-0.2, 0) is 4.79 Å². The number of rotatable bonds is 1. The van der Waals surface area contributed by atoms with E-state index in [1.807, 2.05) is 30.3 Å². The summed E-state index contributed by atoms with van der Waals surface area (Å²) in [5.41, 5.74) is 1.38. The highest BCUT2D eigenvalue weighted by molar-refractivity contribution is 5.95. The van der Waals surface area contributed by atoms with E-state index < -0.39 is 0 Å². The summed E-state index contributed by atoms with van der Waals surface area (Å²) in [6, 6.07) is 9.48. The molecule has 0 radical (unpaired) electrons. The predicted octanol–water partition coefficient (Wildman–Crippen LogP) is 1.60. The van der Waals surface area contributed by atoms with Crippen LogP contribution in [0.15, 0.2) is 47.9 Å². The minimum Gasteiger partial charge on any atom is -0.506 e. The quantitative estimate of drug-likeness (QED) is 0.701. The molecule has 1 aromatic rings. The van der Waals surface area contributed by atoms with Crippen molar-refractivity contribution in [3.63, 3.8) is 0 Å². The molecule has 2 rings (SSSR count). The highest BCUT2D eigenvalue weighted by atomic mass is 16.3. The van der Waals surface area contributed by atoms with E-state index in [1.165, 1.54) is 0 Å². The van der Waals surface area contributed by atoms with Crippen LogP contribution in [0.2, 0.25) is 0 Å². The van der Waals surface area contributed by atoms with Crippen LogP contribution in [0.5, 0.6) is 0 Å². The summed E-state index contributed by atoms with van der Waals surface area (Å²) in [6.45, 7) is 0. The van der Waals surface area contributed by atoms with Gasteiger partial charge in [0, 0.05) is 6.08 Å². The molecule has 0 saturated carbocycles. The number of nitrogens with one attached hydrogen (secondary N) is 1. The second-order valence-corrected chi connectivity index (χ2v) is 2.99. The van der Waals surface area contributed by atoms with Crippen molar-refractivity contribution in [2.45, 2.75) is 0 Å². The highest BCUT2D eigenvalue weighted by Gasteiger charge is 2.15. The van der Waals surface area contributed by atoms with E-state index in [0.717, 1.165) is 11.6 Å². The lowest BCUT2D eigenvalue weighted by atomic mass is 10.2. The van der Waals surface area contributed by atoms with Crippen molar-refractivity contribution in [1.82, 2.24) is 5.32 Å². The van der Waals surface area contributed by atoms with E-state index in [0.29, 0.717) is 5.70 Å². The van der Waals surface area contributed by atoms with Crippen LogP contribution >= 0.6 is 0 Å². The van der Waals surface area contributed by atoms with Gasteiger partial charge in [0.05, 0.1) is 5.70 Å². The van der Waals surface area contributed by atoms with E-state index >= 15 is 0 Å². The average Bonchev–Trinajstić information content (AvgIpc) is 2.47. The topological polar surface area (TPSA) is 49.3 Å². The summed E-state index contributed by atoms with van der Waals surface area (Å²) in [6.07, 6.45) is 2.88. The standard InChI is InChI=1S/C11H9NO2/c13-10-7-11(14)12-9(10)6-8-4-2-1-3-5-8/h1-7,13H,(H,12,14). The molecule has 0 spiro atoms. The van der Waals surface area contributed by atoms with Crippen LogP contribution in [-0.4, -0.2) is 11.0 Å². The fourth-order valence-electron chi connectivity index (χ4n) is 1.26. The molecule has 3 heteroatoms. The minimum atomic E-state index is -0.287. The molecule has 3 nitrogen and oxygen atoms in total. The fraction of sp³-hybridized carbons (Fsp3) is 0. The number of carbonyl (C=O) groups is 1. The second kappa shape index (κ2) is 3.38. The smallest absolute Gasteiger partial charge is 0.252 e. The van der Waals surface area contributed by atoms with Gasteiger partial charge in [-0.25, -0.2) is 0 Å². The van der Waals surface area contributed by atoms with Crippen LogP contribution in [0.3, 0.4) is 0 Å². The Morgan fingerprint density at radius 1 is 1.21 bits per heavy atom. The SMILES string of the molecule is O=C1C=C(O)C(=Cc2ccccc2)N1. The van der Waals surface area contributed by atoms with E-state index in [1.54, 1.807) is 6.08 Å². The Bertz CT molecular complexity index is 418. The molecule has 1 aliphatic heterocycles. The first-order valence-electron chi connectivity index (χ1n) is 4.24. The van der Waals surface area contributed by atoms with Crippen LogP contribution in [0.25, 0.3) is 6.08 Å². The molecule has 0 atom stereocenters. The van der Waals surface area contributed by atoms with Gasteiger partial charge in [-0.1, -0.05) is 30.3 Å². The molecule has 0 aliphatic carbocycles. The summed E-state index contributed by atoms with van der Waals surface area (Å²) < 4.78 is 0.